The summed E-state index contributed by atoms with van der Waals surface area (Å²) in [6, 6.07) is 15.6. The van der Waals surface area contributed by atoms with Gasteiger partial charge in [0.05, 0.1) is 5.69 Å². The molecular formula is C20H20FN3O2S2. The maximum absolute atomic E-state index is 13.9. The van der Waals surface area contributed by atoms with Gasteiger partial charge in [0.25, 0.3) is 0 Å². The zero-order valence-electron chi connectivity index (χ0n) is 15.2. The number of thiazole rings is 1. The fourth-order valence-electron chi connectivity index (χ4n) is 3.24. The van der Waals surface area contributed by atoms with Crippen molar-refractivity contribution in [2.24, 2.45) is 0 Å². The van der Waals surface area contributed by atoms with Gasteiger partial charge in [-0.3, -0.25) is 4.90 Å². The summed E-state index contributed by atoms with van der Waals surface area (Å²) in [5.74, 6) is -0.708. The van der Waals surface area contributed by atoms with E-state index in [0.717, 1.165) is 16.3 Å². The molecule has 0 bridgehead atoms. The van der Waals surface area contributed by atoms with Crippen LogP contribution in [0.3, 0.4) is 0 Å². The number of rotatable bonds is 5. The van der Waals surface area contributed by atoms with Crippen LogP contribution in [0.15, 0.2) is 64.9 Å². The van der Waals surface area contributed by atoms with Gasteiger partial charge >= 0.3 is 0 Å². The van der Waals surface area contributed by atoms with Crippen LogP contribution in [0.25, 0.3) is 10.6 Å². The van der Waals surface area contributed by atoms with Crippen molar-refractivity contribution in [2.75, 3.05) is 26.2 Å². The number of benzene rings is 2. The second kappa shape index (κ2) is 8.08. The lowest BCUT2D eigenvalue weighted by atomic mass is 10.2. The van der Waals surface area contributed by atoms with Crippen LogP contribution in [0.2, 0.25) is 0 Å². The molecule has 0 unspecified atom stereocenters. The lowest BCUT2D eigenvalue weighted by Crippen LogP contribution is -2.48. The molecule has 1 aliphatic heterocycles. The van der Waals surface area contributed by atoms with E-state index in [9.17, 15) is 12.8 Å². The van der Waals surface area contributed by atoms with Gasteiger partial charge in [0.2, 0.25) is 10.0 Å². The minimum atomic E-state index is -3.80. The Bertz CT molecular complexity index is 1050. The molecule has 3 aromatic rings. The van der Waals surface area contributed by atoms with Crippen molar-refractivity contribution >= 4 is 21.4 Å². The average Bonchev–Trinajstić information content (AvgIpc) is 3.18. The highest BCUT2D eigenvalue weighted by Gasteiger charge is 2.30. The molecule has 4 rings (SSSR count). The first-order valence-corrected chi connectivity index (χ1v) is 11.3. The highest BCUT2D eigenvalue weighted by molar-refractivity contribution is 7.89. The molecule has 1 saturated heterocycles. The van der Waals surface area contributed by atoms with Crippen LogP contribution in [0, 0.1) is 5.82 Å². The van der Waals surface area contributed by atoms with Crippen LogP contribution < -0.4 is 0 Å². The second-order valence-corrected chi connectivity index (χ2v) is 9.39. The summed E-state index contributed by atoms with van der Waals surface area (Å²) in [4.78, 5) is 6.62. The zero-order chi connectivity index (χ0) is 19.6. The largest absolute Gasteiger partial charge is 0.295 e. The van der Waals surface area contributed by atoms with Gasteiger partial charge in [-0.15, -0.1) is 11.3 Å². The lowest BCUT2D eigenvalue weighted by Gasteiger charge is -2.33. The molecule has 5 nitrogen and oxygen atoms in total. The van der Waals surface area contributed by atoms with Gasteiger partial charge in [-0.2, -0.15) is 4.31 Å². The number of nitrogens with zero attached hydrogens (tertiary/aromatic N) is 3. The van der Waals surface area contributed by atoms with E-state index in [-0.39, 0.29) is 4.90 Å². The predicted molar refractivity (Wildman–Crippen MR) is 108 cm³/mol. The third-order valence-corrected chi connectivity index (χ3v) is 7.62. The minimum absolute atomic E-state index is 0.254. The van der Waals surface area contributed by atoms with Crippen LogP contribution >= 0.6 is 11.3 Å². The summed E-state index contributed by atoms with van der Waals surface area (Å²) in [5, 5.41) is 3.03. The van der Waals surface area contributed by atoms with E-state index in [4.69, 9.17) is 4.98 Å². The van der Waals surface area contributed by atoms with E-state index in [1.165, 1.54) is 22.5 Å². The van der Waals surface area contributed by atoms with Crippen LogP contribution in [0.5, 0.6) is 0 Å². The van der Waals surface area contributed by atoms with Crippen molar-refractivity contribution in [3.8, 4) is 10.6 Å². The fourth-order valence-corrected chi connectivity index (χ4v) is 5.55. The van der Waals surface area contributed by atoms with Crippen LogP contribution in [0.1, 0.15) is 5.69 Å². The molecule has 8 heteroatoms. The first-order valence-electron chi connectivity index (χ1n) is 9.01. The van der Waals surface area contributed by atoms with E-state index in [0.29, 0.717) is 32.7 Å². The molecule has 146 valence electrons. The number of piperazine rings is 1. The van der Waals surface area contributed by atoms with E-state index in [1.54, 1.807) is 17.4 Å². The predicted octanol–water partition coefficient (Wildman–Crippen LogP) is 3.46. The van der Waals surface area contributed by atoms with Gasteiger partial charge in [0.1, 0.15) is 15.7 Å². The Labute approximate surface area is 168 Å². The molecule has 0 aliphatic carbocycles. The Morgan fingerprint density at radius 2 is 1.64 bits per heavy atom. The Balaban J connectivity index is 1.39. The molecule has 1 aromatic heterocycles. The van der Waals surface area contributed by atoms with Gasteiger partial charge in [-0.25, -0.2) is 17.8 Å². The monoisotopic (exact) mass is 417 g/mol. The van der Waals surface area contributed by atoms with Crippen molar-refractivity contribution in [1.82, 2.24) is 14.2 Å². The highest BCUT2D eigenvalue weighted by atomic mass is 32.2. The molecule has 0 N–H and O–H groups in total. The van der Waals surface area contributed by atoms with Crippen molar-refractivity contribution in [3.63, 3.8) is 0 Å². The van der Waals surface area contributed by atoms with Crippen molar-refractivity contribution in [2.45, 2.75) is 11.4 Å². The number of hydrogen-bond donors (Lipinski definition) is 0. The molecule has 1 fully saturated rings. The topological polar surface area (TPSA) is 53.5 Å². The maximum atomic E-state index is 13.9. The number of hydrogen-bond acceptors (Lipinski definition) is 5. The van der Waals surface area contributed by atoms with Crippen molar-refractivity contribution in [3.05, 3.63) is 71.5 Å². The first kappa shape index (κ1) is 19.2. The first-order chi connectivity index (χ1) is 13.5. The summed E-state index contributed by atoms with van der Waals surface area (Å²) >= 11 is 1.61. The van der Waals surface area contributed by atoms with Gasteiger partial charge in [-0.05, 0) is 12.1 Å². The molecule has 1 aliphatic rings. The summed E-state index contributed by atoms with van der Waals surface area (Å²) in [7, 11) is -3.80. The molecule has 2 aromatic carbocycles. The summed E-state index contributed by atoms with van der Waals surface area (Å²) in [6.07, 6.45) is 0. The lowest BCUT2D eigenvalue weighted by molar-refractivity contribution is 0.180. The second-order valence-electron chi connectivity index (χ2n) is 6.62. The highest BCUT2D eigenvalue weighted by Crippen LogP contribution is 2.25. The molecule has 0 radical (unpaired) electrons. The fraction of sp³-hybridized carbons (Fsp3) is 0.250. The van der Waals surface area contributed by atoms with Gasteiger partial charge in [-0.1, -0.05) is 42.5 Å². The van der Waals surface area contributed by atoms with Crippen molar-refractivity contribution in [1.29, 1.82) is 0 Å². The number of halogens is 1. The SMILES string of the molecule is O=S(=O)(c1ccccc1F)N1CCN(Cc2csc(-c3ccccc3)n2)CC1. The molecule has 0 saturated carbocycles. The van der Waals surface area contributed by atoms with Gasteiger partial charge in [0, 0.05) is 43.7 Å². The molecular weight excluding hydrogens is 397 g/mol. The normalized spacial score (nSPS) is 16.3. The van der Waals surface area contributed by atoms with E-state index < -0.39 is 15.8 Å². The number of aromatic nitrogens is 1. The van der Waals surface area contributed by atoms with E-state index in [1.807, 2.05) is 35.7 Å². The van der Waals surface area contributed by atoms with E-state index >= 15 is 0 Å². The van der Waals surface area contributed by atoms with Gasteiger partial charge < -0.3 is 0 Å². The third-order valence-electron chi connectivity index (χ3n) is 4.74. The average molecular weight is 418 g/mol. The summed E-state index contributed by atoms with van der Waals surface area (Å²) in [6.45, 7) is 2.54. The third kappa shape index (κ3) is 4.00. The van der Waals surface area contributed by atoms with Gasteiger partial charge in [0.15, 0.2) is 0 Å². The molecule has 0 atom stereocenters. The summed E-state index contributed by atoms with van der Waals surface area (Å²) in [5.41, 5.74) is 2.08. The van der Waals surface area contributed by atoms with E-state index in [2.05, 4.69) is 4.90 Å². The van der Waals surface area contributed by atoms with Crippen molar-refractivity contribution < 1.29 is 12.8 Å². The van der Waals surface area contributed by atoms with Crippen LogP contribution in [0.4, 0.5) is 4.39 Å². The Kier molecular flexibility index (Phi) is 5.54. The standard InChI is InChI=1S/C20H20FN3O2S2/c21-18-8-4-5-9-19(18)28(25,26)24-12-10-23(11-13-24)14-17-15-27-20(22-17)16-6-2-1-3-7-16/h1-9,15H,10-14H2. The minimum Gasteiger partial charge on any atom is -0.295 e. The Hall–Kier alpha value is -2.13. The Morgan fingerprint density at radius 3 is 2.36 bits per heavy atom. The molecule has 0 amide bonds. The molecule has 2 heterocycles. The zero-order valence-corrected chi connectivity index (χ0v) is 16.8. The maximum Gasteiger partial charge on any atom is 0.246 e. The van der Waals surface area contributed by atoms with Crippen LogP contribution in [-0.2, 0) is 16.6 Å². The molecule has 0 spiro atoms. The van der Waals surface area contributed by atoms with Crippen LogP contribution in [-0.4, -0.2) is 48.8 Å². The Morgan fingerprint density at radius 1 is 0.964 bits per heavy atom. The quantitative estimate of drug-likeness (QED) is 0.638. The smallest absolute Gasteiger partial charge is 0.246 e. The number of sulfonamides is 1. The summed E-state index contributed by atoms with van der Waals surface area (Å²) < 4.78 is 40.7. The molecule has 28 heavy (non-hydrogen) atoms.